The summed E-state index contributed by atoms with van der Waals surface area (Å²) in [5.41, 5.74) is 0.992. The lowest BCUT2D eigenvalue weighted by Crippen LogP contribution is -2.19. The molecule has 0 spiro atoms. The summed E-state index contributed by atoms with van der Waals surface area (Å²) in [6.45, 7) is -1.36. The van der Waals surface area contributed by atoms with E-state index in [1.54, 1.807) is 36.5 Å². The standard InChI is InChI=1S/C15H10F3N3O2/c16-15(17,18)9-22-11-5-3-4-10(8-11)14-20-13(21-23-14)12-6-1-2-7-19-12/h1-8H,9H2. The number of pyridine rings is 1. The molecule has 0 atom stereocenters. The van der Waals surface area contributed by atoms with Crippen LogP contribution in [-0.2, 0) is 0 Å². The molecule has 0 fully saturated rings. The molecule has 0 amide bonds. The molecule has 0 saturated carbocycles. The van der Waals surface area contributed by atoms with Gasteiger partial charge in [0.25, 0.3) is 5.89 Å². The Bertz CT molecular complexity index is 788. The van der Waals surface area contributed by atoms with Gasteiger partial charge in [-0.1, -0.05) is 17.3 Å². The Kier molecular flexibility index (Phi) is 3.96. The van der Waals surface area contributed by atoms with Gasteiger partial charge in [-0.3, -0.25) is 4.98 Å². The molecular formula is C15H10F3N3O2. The van der Waals surface area contributed by atoms with Crippen LogP contribution in [0.1, 0.15) is 0 Å². The first-order valence-electron chi connectivity index (χ1n) is 6.56. The van der Waals surface area contributed by atoms with E-state index in [0.29, 0.717) is 17.1 Å². The van der Waals surface area contributed by atoms with E-state index < -0.39 is 12.8 Å². The number of hydrogen-bond acceptors (Lipinski definition) is 5. The average molecular weight is 321 g/mol. The van der Waals surface area contributed by atoms with Crippen molar-refractivity contribution in [3.8, 4) is 28.7 Å². The summed E-state index contributed by atoms with van der Waals surface area (Å²) in [7, 11) is 0. The first-order valence-corrected chi connectivity index (χ1v) is 6.56. The van der Waals surface area contributed by atoms with Crippen molar-refractivity contribution in [2.45, 2.75) is 6.18 Å². The van der Waals surface area contributed by atoms with E-state index in [1.165, 1.54) is 12.1 Å². The topological polar surface area (TPSA) is 61.0 Å². The third-order valence-corrected chi connectivity index (χ3v) is 2.80. The van der Waals surface area contributed by atoms with Crippen LogP contribution in [0.15, 0.2) is 53.2 Å². The molecule has 118 valence electrons. The molecule has 0 N–H and O–H groups in total. The van der Waals surface area contributed by atoms with Gasteiger partial charge in [0.1, 0.15) is 11.4 Å². The highest BCUT2D eigenvalue weighted by molar-refractivity contribution is 5.58. The van der Waals surface area contributed by atoms with Crippen LogP contribution in [0.5, 0.6) is 5.75 Å². The Hall–Kier alpha value is -2.90. The van der Waals surface area contributed by atoms with Gasteiger partial charge in [0, 0.05) is 11.8 Å². The molecule has 2 heterocycles. The predicted octanol–water partition coefficient (Wildman–Crippen LogP) is 3.74. The van der Waals surface area contributed by atoms with Crippen molar-refractivity contribution < 1.29 is 22.4 Å². The molecule has 8 heteroatoms. The second kappa shape index (κ2) is 6.07. The quantitative estimate of drug-likeness (QED) is 0.732. The molecule has 0 unspecified atom stereocenters. The van der Waals surface area contributed by atoms with E-state index in [2.05, 4.69) is 15.1 Å². The van der Waals surface area contributed by atoms with Crippen molar-refractivity contribution in [2.24, 2.45) is 0 Å². The lowest BCUT2D eigenvalue weighted by atomic mass is 10.2. The molecule has 3 rings (SSSR count). The first kappa shape index (κ1) is 15.0. The van der Waals surface area contributed by atoms with Crippen molar-refractivity contribution in [3.05, 3.63) is 48.7 Å². The first-order chi connectivity index (χ1) is 11.0. The Balaban J connectivity index is 1.81. The summed E-state index contributed by atoms with van der Waals surface area (Å²) in [6.07, 6.45) is -2.80. The third kappa shape index (κ3) is 3.85. The molecule has 23 heavy (non-hydrogen) atoms. The molecule has 3 aromatic rings. The van der Waals surface area contributed by atoms with Crippen molar-refractivity contribution in [1.29, 1.82) is 0 Å². The number of ether oxygens (including phenoxy) is 1. The molecule has 0 aliphatic carbocycles. The molecular weight excluding hydrogens is 311 g/mol. The van der Waals surface area contributed by atoms with Gasteiger partial charge < -0.3 is 9.26 Å². The van der Waals surface area contributed by atoms with Crippen molar-refractivity contribution in [2.75, 3.05) is 6.61 Å². The number of benzene rings is 1. The van der Waals surface area contributed by atoms with Crippen LogP contribution >= 0.6 is 0 Å². The highest BCUT2D eigenvalue weighted by Crippen LogP contribution is 2.25. The predicted molar refractivity (Wildman–Crippen MR) is 74.5 cm³/mol. The molecule has 1 aromatic carbocycles. The number of halogens is 3. The smallest absolute Gasteiger partial charge is 0.422 e. The second-order valence-corrected chi connectivity index (χ2v) is 4.57. The minimum absolute atomic E-state index is 0.0670. The number of alkyl halides is 3. The van der Waals surface area contributed by atoms with Crippen molar-refractivity contribution >= 4 is 0 Å². The SMILES string of the molecule is FC(F)(F)COc1cccc(-c2nc(-c3ccccn3)no2)c1. The summed E-state index contributed by atoms with van der Waals surface area (Å²) < 4.78 is 46.4. The van der Waals surface area contributed by atoms with Crippen molar-refractivity contribution in [1.82, 2.24) is 15.1 Å². The van der Waals surface area contributed by atoms with Gasteiger partial charge in [-0.2, -0.15) is 18.2 Å². The van der Waals surface area contributed by atoms with Gasteiger partial charge in [0.15, 0.2) is 6.61 Å². The van der Waals surface area contributed by atoms with Gasteiger partial charge >= 0.3 is 6.18 Å². The van der Waals surface area contributed by atoms with Crippen LogP contribution in [0.4, 0.5) is 13.2 Å². The number of aromatic nitrogens is 3. The highest BCUT2D eigenvalue weighted by atomic mass is 19.4. The molecule has 0 bridgehead atoms. The fraction of sp³-hybridized carbons (Fsp3) is 0.133. The fourth-order valence-corrected chi connectivity index (χ4v) is 1.82. The monoisotopic (exact) mass is 321 g/mol. The molecule has 5 nitrogen and oxygen atoms in total. The molecule has 0 saturated heterocycles. The normalized spacial score (nSPS) is 11.4. The minimum atomic E-state index is -4.40. The molecule has 0 radical (unpaired) electrons. The van der Waals surface area contributed by atoms with Crippen molar-refractivity contribution in [3.63, 3.8) is 0 Å². The highest BCUT2D eigenvalue weighted by Gasteiger charge is 2.28. The summed E-state index contributed by atoms with van der Waals surface area (Å²) >= 11 is 0. The van der Waals surface area contributed by atoms with E-state index in [9.17, 15) is 13.2 Å². The maximum absolute atomic E-state index is 12.2. The van der Waals surface area contributed by atoms with Crippen LogP contribution in [-0.4, -0.2) is 27.9 Å². The summed E-state index contributed by atoms with van der Waals surface area (Å²) in [6, 6.07) is 11.3. The third-order valence-electron chi connectivity index (χ3n) is 2.80. The summed E-state index contributed by atoms with van der Waals surface area (Å²) in [5, 5.41) is 3.81. The van der Waals surface area contributed by atoms with Crippen LogP contribution in [0.25, 0.3) is 23.0 Å². The maximum atomic E-state index is 12.2. The molecule has 2 aromatic heterocycles. The van der Waals surface area contributed by atoms with E-state index >= 15 is 0 Å². The van der Waals surface area contributed by atoms with Gasteiger partial charge in [-0.15, -0.1) is 0 Å². The Labute approximate surface area is 128 Å². The summed E-state index contributed by atoms with van der Waals surface area (Å²) in [4.78, 5) is 8.28. The molecule has 0 aliphatic rings. The Morgan fingerprint density at radius 2 is 1.96 bits per heavy atom. The number of rotatable bonds is 4. The number of nitrogens with zero attached hydrogens (tertiary/aromatic N) is 3. The fourth-order valence-electron chi connectivity index (χ4n) is 1.82. The second-order valence-electron chi connectivity index (χ2n) is 4.57. The van der Waals surface area contributed by atoms with Crippen LogP contribution in [0, 0.1) is 0 Å². The largest absolute Gasteiger partial charge is 0.484 e. The zero-order valence-electron chi connectivity index (χ0n) is 11.6. The van der Waals surface area contributed by atoms with Gasteiger partial charge in [0.2, 0.25) is 5.82 Å². The Morgan fingerprint density at radius 3 is 2.70 bits per heavy atom. The van der Waals surface area contributed by atoms with Crippen LogP contribution in [0.3, 0.4) is 0 Å². The zero-order valence-corrected chi connectivity index (χ0v) is 11.6. The van der Waals surface area contributed by atoms with E-state index in [1.807, 2.05) is 0 Å². The van der Waals surface area contributed by atoms with Gasteiger partial charge in [0.05, 0.1) is 0 Å². The van der Waals surface area contributed by atoms with E-state index in [0.717, 1.165) is 0 Å². The van der Waals surface area contributed by atoms with Crippen LogP contribution in [0.2, 0.25) is 0 Å². The average Bonchev–Trinajstić information content (AvgIpc) is 3.03. The molecule has 0 aliphatic heterocycles. The lowest BCUT2D eigenvalue weighted by Gasteiger charge is -2.09. The number of hydrogen-bond donors (Lipinski definition) is 0. The Morgan fingerprint density at radius 1 is 1.09 bits per heavy atom. The summed E-state index contributed by atoms with van der Waals surface area (Å²) in [5.74, 6) is 0.530. The van der Waals surface area contributed by atoms with Crippen LogP contribution < -0.4 is 4.74 Å². The van der Waals surface area contributed by atoms with Gasteiger partial charge in [-0.05, 0) is 30.3 Å². The zero-order chi connectivity index (χ0) is 16.3. The van der Waals surface area contributed by atoms with Gasteiger partial charge in [-0.25, -0.2) is 0 Å². The minimum Gasteiger partial charge on any atom is -0.484 e. The van der Waals surface area contributed by atoms with E-state index in [4.69, 9.17) is 9.26 Å². The lowest BCUT2D eigenvalue weighted by molar-refractivity contribution is -0.153. The van der Waals surface area contributed by atoms with E-state index in [-0.39, 0.29) is 11.6 Å². The maximum Gasteiger partial charge on any atom is 0.422 e.